The highest BCUT2D eigenvalue weighted by Crippen LogP contribution is 2.27. The molecule has 1 unspecified atom stereocenters. The first-order valence-corrected chi connectivity index (χ1v) is 7.74. The van der Waals surface area contributed by atoms with Gasteiger partial charge in [0.25, 0.3) is 0 Å². The first-order chi connectivity index (χ1) is 9.22. The van der Waals surface area contributed by atoms with Gasteiger partial charge < -0.3 is 16.0 Å². The fourth-order valence-electron chi connectivity index (χ4n) is 2.95. The zero-order valence-corrected chi connectivity index (χ0v) is 11.7. The lowest BCUT2D eigenvalue weighted by Gasteiger charge is -2.35. The molecule has 0 aromatic carbocycles. The Morgan fingerprint density at radius 2 is 1.84 bits per heavy atom. The van der Waals surface area contributed by atoms with Crippen LogP contribution in [0.1, 0.15) is 32.1 Å². The summed E-state index contributed by atoms with van der Waals surface area (Å²) in [6, 6.07) is 1.30. The van der Waals surface area contributed by atoms with Gasteiger partial charge in [0.15, 0.2) is 0 Å². The summed E-state index contributed by atoms with van der Waals surface area (Å²) >= 11 is 0. The highest BCUT2D eigenvalue weighted by molar-refractivity contribution is 5.79. The van der Waals surface area contributed by atoms with Crippen LogP contribution in [0.5, 0.6) is 0 Å². The Kier molecular flexibility index (Phi) is 4.05. The van der Waals surface area contributed by atoms with Crippen LogP contribution < -0.4 is 11.1 Å². The first-order valence-electron chi connectivity index (χ1n) is 7.74. The summed E-state index contributed by atoms with van der Waals surface area (Å²) in [6.45, 7) is 5.67. The molecule has 108 valence electrons. The van der Waals surface area contributed by atoms with Gasteiger partial charge in [0.1, 0.15) is 0 Å². The van der Waals surface area contributed by atoms with E-state index in [4.69, 9.17) is 5.73 Å². The summed E-state index contributed by atoms with van der Waals surface area (Å²) in [5, 5.41) is 3.36. The number of rotatable bonds is 7. The smallest absolute Gasteiger partial charge is 0.234 e. The van der Waals surface area contributed by atoms with Crippen LogP contribution in [0, 0.1) is 0 Å². The molecule has 1 atom stereocenters. The van der Waals surface area contributed by atoms with Crippen LogP contribution >= 0.6 is 0 Å². The van der Waals surface area contributed by atoms with Crippen molar-refractivity contribution in [1.29, 1.82) is 0 Å². The fraction of sp³-hybridized carbons (Fsp3) is 0.929. The zero-order valence-electron chi connectivity index (χ0n) is 11.7. The topological polar surface area (TPSA) is 61.6 Å². The van der Waals surface area contributed by atoms with Gasteiger partial charge in [0, 0.05) is 44.8 Å². The summed E-state index contributed by atoms with van der Waals surface area (Å²) in [5.74, 6) is -0.191. The van der Waals surface area contributed by atoms with E-state index >= 15 is 0 Å². The van der Waals surface area contributed by atoms with E-state index in [0.717, 1.165) is 32.1 Å². The largest absolute Gasteiger partial charge is 0.368 e. The molecule has 2 saturated carbocycles. The maximum absolute atomic E-state index is 11.4. The highest BCUT2D eigenvalue weighted by atomic mass is 16.1. The highest BCUT2D eigenvalue weighted by Gasteiger charge is 2.32. The molecular formula is C14H26N4O. The van der Waals surface area contributed by atoms with Crippen molar-refractivity contribution in [1.82, 2.24) is 15.1 Å². The Hall–Kier alpha value is -0.650. The monoisotopic (exact) mass is 266 g/mol. The molecule has 1 aliphatic heterocycles. The second kappa shape index (κ2) is 5.77. The predicted molar refractivity (Wildman–Crippen MR) is 74.8 cm³/mol. The average Bonchev–Trinajstić information content (AvgIpc) is 3.28. The lowest BCUT2D eigenvalue weighted by Crippen LogP contribution is -2.49. The van der Waals surface area contributed by atoms with E-state index in [0.29, 0.717) is 6.04 Å². The van der Waals surface area contributed by atoms with Gasteiger partial charge >= 0.3 is 0 Å². The van der Waals surface area contributed by atoms with Crippen LogP contribution in [-0.4, -0.2) is 66.6 Å². The molecule has 19 heavy (non-hydrogen) atoms. The van der Waals surface area contributed by atoms with E-state index in [1.54, 1.807) is 0 Å². The van der Waals surface area contributed by atoms with Gasteiger partial charge in [-0.15, -0.1) is 0 Å². The van der Waals surface area contributed by atoms with Crippen LogP contribution in [-0.2, 0) is 4.79 Å². The van der Waals surface area contributed by atoms with Crippen LogP contribution in [0.4, 0.5) is 0 Å². The van der Waals surface area contributed by atoms with Crippen molar-refractivity contribution in [3.05, 3.63) is 0 Å². The van der Waals surface area contributed by atoms with Crippen LogP contribution in [0.2, 0.25) is 0 Å². The quantitative estimate of drug-likeness (QED) is 0.668. The van der Waals surface area contributed by atoms with Crippen molar-refractivity contribution in [3.63, 3.8) is 0 Å². The Labute approximate surface area is 115 Å². The minimum atomic E-state index is -0.191. The Morgan fingerprint density at radius 3 is 2.37 bits per heavy atom. The van der Waals surface area contributed by atoms with E-state index in [1.165, 1.54) is 38.8 Å². The van der Waals surface area contributed by atoms with E-state index < -0.39 is 0 Å². The second-order valence-electron chi connectivity index (χ2n) is 6.29. The van der Waals surface area contributed by atoms with Gasteiger partial charge in [-0.25, -0.2) is 0 Å². The maximum atomic E-state index is 11.4. The molecule has 3 N–H and O–H groups in total. The van der Waals surface area contributed by atoms with Crippen molar-refractivity contribution in [2.24, 2.45) is 5.73 Å². The minimum absolute atomic E-state index is 0.131. The fourth-order valence-corrected chi connectivity index (χ4v) is 2.95. The number of nitrogens with two attached hydrogens (primary N) is 1. The SMILES string of the molecule is NC(=O)C(CCN1CCN(C2CC2)CC1)NC1CC1. The summed E-state index contributed by atoms with van der Waals surface area (Å²) in [6.07, 6.45) is 6.05. The van der Waals surface area contributed by atoms with Crippen LogP contribution in [0.3, 0.4) is 0 Å². The van der Waals surface area contributed by atoms with Crippen molar-refractivity contribution >= 4 is 5.91 Å². The third-order valence-electron chi connectivity index (χ3n) is 4.56. The Morgan fingerprint density at radius 1 is 1.16 bits per heavy atom. The van der Waals surface area contributed by atoms with Crippen molar-refractivity contribution in [3.8, 4) is 0 Å². The second-order valence-corrected chi connectivity index (χ2v) is 6.29. The van der Waals surface area contributed by atoms with Crippen LogP contribution in [0.15, 0.2) is 0 Å². The number of hydrogen-bond acceptors (Lipinski definition) is 4. The number of piperazine rings is 1. The van der Waals surface area contributed by atoms with Gasteiger partial charge in [-0.2, -0.15) is 0 Å². The predicted octanol–water partition coefficient (Wildman–Crippen LogP) is -0.238. The summed E-state index contributed by atoms with van der Waals surface area (Å²) < 4.78 is 0. The molecule has 1 saturated heterocycles. The molecule has 0 spiro atoms. The number of hydrogen-bond donors (Lipinski definition) is 2. The van der Waals surface area contributed by atoms with E-state index in [2.05, 4.69) is 15.1 Å². The lowest BCUT2D eigenvalue weighted by atomic mass is 10.1. The molecule has 0 aromatic heterocycles. The molecule has 3 aliphatic rings. The number of carbonyl (C=O) groups is 1. The number of nitrogens with zero attached hydrogens (tertiary/aromatic N) is 2. The number of nitrogens with one attached hydrogen (secondary N) is 1. The standard InChI is InChI=1S/C14H26N4O/c15-14(19)13(16-11-1-2-11)5-6-17-7-9-18(10-8-17)12-3-4-12/h11-13,16H,1-10H2,(H2,15,19). The minimum Gasteiger partial charge on any atom is -0.368 e. The van der Waals surface area contributed by atoms with Crippen molar-refractivity contribution in [2.75, 3.05) is 32.7 Å². The lowest BCUT2D eigenvalue weighted by molar-refractivity contribution is -0.120. The third kappa shape index (κ3) is 3.91. The zero-order chi connectivity index (χ0) is 13.2. The van der Waals surface area contributed by atoms with Crippen LogP contribution in [0.25, 0.3) is 0 Å². The van der Waals surface area contributed by atoms with Gasteiger partial charge in [-0.05, 0) is 32.1 Å². The molecule has 0 bridgehead atoms. The van der Waals surface area contributed by atoms with Gasteiger partial charge in [-0.1, -0.05) is 0 Å². The summed E-state index contributed by atoms with van der Waals surface area (Å²) in [4.78, 5) is 16.5. The normalized spacial score (nSPS) is 27.4. The van der Waals surface area contributed by atoms with E-state index in [1.807, 2.05) is 0 Å². The molecule has 0 aromatic rings. The number of primary amides is 1. The van der Waals surface area contributed by atoms with Crippen molar-refractivity contribution < 1.29 is 4.79 Å². The molecule has 0 radical (unpaired) electrons. The molecule has 5 nitrogen and oxygen atoms in total. The third-order valence-corrected chi connectivity index (χ3v) is 4.56. The molecule has 2 aliphatic carbocycles. The molecule has 1 amide bonds. The first kappa shape index (κ1) is 13.3. The summed E-state index contributed by atoms with van der Waals surface area (Å²) in [5.41, 5.74) is 5.47. The Bertz CT molecular complexity index is 319. The number of carbonyl (C=O) groups excluding carboxylic acids is 1. The maximum Gasteiger partial charge on any atom is 0.234 e. The summed E-state index contributed by atoms with van der Waals surface area (Å²) in [7, 11) is 0. The Balaban J connectivity index is 1.37. The van der Waals surface area contributed by atoms with E-state index in [-0.39, 0.29) is 11.9 Å². The molecule has 1 heterocycles. The molecular weight excluding hydrogens is 240 g/mol. The van der Waals surface area contributed by atoms with Gasteiger partial charge in [-0.3, -0.25) is 9.69 Å². The van der Waals surface area contributed by atoms with Gasteiger partial charge in [0.2, 0.25) is 5.91 Å². The molecule has 5 heteroatoms. The van der Waals surface area contributed by atoms with Gasteiger partial charge in [0.05, 0.1) is 6.04 Å². The number of amides is 1. The molecule has 3 fully saturated rings. The van der Waals surface area contributed by atoms with Crippen molar-refractivity contribution in [2.45, 2.75) is 50.2 Å². The van der Waals surface area contributed by atoms with E-state index in [9.17, 15) is 4.79 Å². The average molecular weight is 266 g/mol. The molecule has 3 rings (SSSR count).